The van der Waals surface area contributed by atoms with E-state index < -0.39 is 0 Å². The van der Waals surface area contributed by atoms with Crippen molar-refractivity contribution in [1.82, 2.24) is 14.5 Å². The summed E-state index contributed by atoms with van der Waals surface area (Å²) in [6, 6.07) is 5.74. The van der Waals surface area contributed by atoms with E-state index >= 15 is 0 Å². The molecule has 0 saturated carbocycles. The van der Waals surface area contributed by atoms with Crippen molar-refractivity contribution in [2.75, 3.05) is 31.8 Å². The van der Waals surface area contributed by atoms with Crippen molar-refractivity contribution in [2.24, 2.45) is 0 Å². The maximum absolute atomic E-state index is 13.1. The Balaban J connectivity index is 1.61. The quantitative estimate of drug-likeness (QED) is 0.607. The van der Waals surface area contributed by atoms with Gasteiger partial charge in [0.1, 0.15) is 30.7 Å². The van der Waals surface area contributed by atoms with Gasteiger partial charge in [-0.25, -0.2) is 9.97 Å². The lowest BCUT2D eigenvalue weighted by atomic mass is 10.3. The van der Waals surface area contributed by atoms with E-state index in [0.29, 0.717) is 30.6 Å². The Hall–Kier alpha value is -3.07. The van der Waals surface area contributed by atoms with Crippen LogP contribution in [-0.4, -0.2) is 47.3 Å². The summed E-state index contributed by atoms with van der Waals surface area (Å²) >= 11 is 1.45. The third kappa shape index (κ3) is 3.79. The molecule has 0 spiro atoms. The summed E-state index contributed by atoms with van der Waals surface area (Å²) in [5.74, 6) is 0.616. The number of ether oxygens (including phenoxy) is 3. The van der Waals surface area contributed by atoms with Gasteiger partial charge in [-0.1, -0.05) is 17.4 Å². The minimum atomic E-state index is -0.261. The van der Waals surface area contributed by atoms with Crippen LogP contribution >= 0.6 is 11.3 Å². The Morgan fingerprint density at radius 2 is 2.32 bits per heavy atom. The molecule has 1 aromatic carbocycles. The average Bonchev–Trinajstić information content (AvgIpc) is 3.40. The predicted molar refractivity (Wildman–Crippen MR) is 105 cm³/mol. The number of carbonyl (C=O) groups excluding carboxylic acids is 1. The van der Waals surface area contributed by atoms with E-state index in [1.807, 2.05) is 29.0 Å². The molecule has 146 valence electrons. The second kappa shape index (κ2) is 8.30. The van der Waals surface area contributed by atoms with Crippen LogP contribution in [0.5, 0.6) is 5.75 Å². The van der Waals surface area contributed by atoms with Crippen molar-refractivity contribution in [1.29, 1.82) is 0 Å². The lowest BCUT2D eigenvalue weighted by molar-refractivity contribution is -0.119. The first-order valence-electron chi connectivity index (χ1n) is 8.92. The fourth-order valence-corrected chi connectivity index (χ4v) is 3.93. The maximum atomic E-state index is 13.1. The number of amides is 1. The molecule has 1 amide bonds. The number of carbonyl (C=O) groups is 1. The van der Waals surface area contributed by atoms with Crippen molar-refractivity contribution in [3.8, 4) is 5.75 Å². The normalized spacial score (nSPS) is 13.5. The lowest BCUT2D eigenvalue weighted by Crippen LogP contribution is -2.35. The Bertz CT molecular complexity index is 983. The van der Waals surface area contributed by atoms with Crippen LogP contribution in [0.3, 0.4) is 0 Å². The SMILES string of the molecule is COc1cccc2sc(N(CCCn3ccnc3)C(=O)C3=COCCO3)nc12. The van der Waals surface area contributed by atoms with Gasteiger partial charge >= 0.3 is 0 Å². The maximum Gasteiger partial charge on any atom is 0.298 e. The van der Waals surface area contributed by atoms with Gasteiger partial charge in [-0.2, -0.15) is 0 Å². The number of rotatable bonds is 7. The van der Waals surface area contributed by atoms with Gasteiger partial charge < -0.3 is 18.8 Å². The highest BCUT2D eigenvalue weighted by molar-refractivity contribution is 7.22. The van der Waals surface area contributed by atoms with Crippen molar-refractivity contribution in [2.45, 2.75) is 13.0 Å². The summed E-state index contributed by atoms with van der Waals surface area (Å²) < 4.78 is 19.1. The zero-order valence-corrected chi connectivity index (χ0v) is 16.2. The molecule has 1 aliphatic heterocycles. The first-order chi connectivity index (χ1) is 13.8. The van der Waals surface area contributed by atoms with Crippen LogP contribution in [0.2, 0.25) is 0 Å². The zero-order valence-electron chi connectivity index (χ0n) is 15.4. The molecule has 0 atom stereocenters. The topological polar surface area (TPSA) is 78.7 Å². The van der Waals surface area contributed by atoms with Crippen molar-refractivity contribution in [3.63, 3.8) is 0 Å². The highest BCUT2D eigenvalue weighted by Gasteiger charge is 2.26. The van der Waals surface area contributed by atoms with Gasteiger partial charge in [-0.3, -0.25) is 9.69 Å². The second-order valence-electron chi connectivity index (χ2n) is 6.12. The van der Waals surface area contributed by atoms with Gasteiger partial charge in [0, 0.05) is 25.5 Å². The lowest BCUT2D eigenvalue weighted by Gasteiger charge is -2.23. The number of thiazole rings is 1. The minimum absolute atomic E-state index is 0.195. The summed E-state index contributed by atoms with van der Waals surface area (Å²) in [6.45, 7) is 2.03. The van der Waals surface area contributed by atoms with E-state index in [2.05, 4.69) is 9.97 Å². The highest BCUT2D eigenvalue weighted by Crippen LogP contribution is 2.34. The molecule has 2 aromatic heterocycles. The van der Waals surface area contributed by atoms with E-state index in [1.165, 1.54) is 17.6 Å². The summed E-state index contributed by atoms with van der Waals surface area (Å²) in [5, 5.41) is 0.602. The molecular weight excluding hydrogens is 380 g/mol. The summed E-state index contributed by atoms with van der Waals surface area (Å²) in [5.41, 5.74) is 0.743. The molecule has 0 radical (unpaired) electrons. The zero-order chi connectivity index (χ0) is 19.3. The number of aromatic nitrogens is 3. The molecule has 9 heteroatoms. The third-order valence-electron chi connectivity index (χ3n) is 4.28. The number of nitrogens with zero attached hydrogens (tertiary/aromatic N) is 4. The molecule has 3 heterocycles. The Labute approximate surface area is 166 Å². The molecule has 0 bridgehead atoms. The summed E-state index contributed by atoms with van der Waals surface area (Å²) in [7, 11) is 1.61. The van der Waals surface area contributed by atoms with Gasteiger partial charge in [0.2, 0.25) is 5.76 Å². The molecule has 0 unspecified atom stereocenters. The first-order valence-corrected chi connectivity index (χ1v) is 9.73. The van der Waals surface area contributed by atoms with Crippen LogP contribution in [0.1, 0.15) is 6.42 Å². The fourth-order valence-electron chi connectivity index (χ4n) is 2.92. The monoisotopic (exact) mass is 400 g/mol. The van der Waals surface area contributed by atoms with E-state index in [0.717, 1.165) is 23.2 Å². The van der Waals surface area contributed by atoms with E-state index in [-0.39, 0.29) is 11.7 Å². The van der Waals surface area contributed by atoms with Crippen LogP contribution in [0.15, 0.2) is 48.9 Å². The van der Waals surface area contributed by atoms with Crippen LogP contribution < -0.4 is 9.64 Å². The van der Waals surface area contributed by atoms with E-state index in [9.17, 15) is 4.79 Å². The highest BCUT2D eigenvalue weighted by atomic mass is 32.1. The number of hydrogen-bond acceptors (Lipinski definition) is 7. The molecule has 0 aliphatic carbocycles. The number of imidazole rings is 1. The van der Waals surface area contributed by atoms with Crippen LogP contribution in [0.4, 0.5) is 5.13 Å². The molecule has 0 N–H and O–H groups in total. The first kappa shape index (κ1) is 18.3. The van der Waals surface area contributed by atoms with Gasteiger partial charge in [-0.05, 0) is 18.6 Å². The number of methoxy groups -OCH3 is 1. The predicted octanol–water partition coefficient (Wildman–Crippen LogP) is 2.81. The van der Waals surface area contributed by atoms with E-state index in [1.54, 1.807) is 24.5 Å². The average molecular weight is 400 g/mol. The Morgan fingerprint density at radius 1 is 1.39 bits per heavy atom. The number of benzene rings is 1. The van der Waals surface area contributed by atoms with Gasteiger partial charge in [0.15, 0.2) is 5.13 Å². The third-order valence-corrected chi connectivity index (χ3v) is 5.33. The summed E-state index contributed by atoms with van der Waals surface area (Å²) in [4.78, 5) is 23.5. The molecule has 4 rings (SSSR count). The van der Waals surface area contributed by atoms with Crippen molar-refractivity contribution in [3.05, 3.63) is 48.9 Å². The van der Waals surface area contributed by atoms with E-state index in [4.69, 9.17) is 14.2 Å². The number of hydrogen-bond donors (Lipinski definition) is 0. The summed E-state index contributed by atoms with van der Waals surface area (Å²) in [6.07, 6.45) is 7.51. The van der Waals surface area contributed by atoms with Gasteiger partial charge in [0.05, 0.1) is 18.1 Å². The number of anilines is 1. The Morgan fingerprint density at radius 3 is 3.07 bits per heavy atom. The van der Waals surface area contributed by atoms with Gasteiger partial charge in [0.25, 0.3) is 5.91 Å². The van der Waals surface area contributed by atoms with Crippen LogP contribution in [-0.2, 0) is 20.8 Å². The van der Waals surface area contributed by atoms with Crippen molar-refractivity contribution >= 4 is 32.6 Å². The molecular formula is C19H20N4O4S. The number of para-hydroxylation sites is 1. The molecule has 3 aromatic rings. The molecule has 0 fully saturated rings. The van der Waals surface area contributed by atoms with Crippen LogP contribution in [0.25, 0.3) is 10.2 Å². The Kier molecular flexibility index (Phi) is 5.43. The largest absolute Gasteiger partial charge is 0.494 e. The number of fused-ring (bicyclic) bond motifs is 1. The molecule has 1 aliphatic rings. The second-order valence-corrected chi connectivity index (χ2v) is 7.12. The number of aryl methyl sites for hydroxylation is 1. The molecule has 8 nitrogen and oxygen atoms in total. The minimum Gasteiger partial charge on any atom is -0.494 e. The molecule has 28 heavy (non-hydrogen) atoms. The van der Waals surface area contributed by atoms with Gasteiger partial charge in [-0.15, -0.1) is 0 Å². The standard InChI is InChI=1S/C19H20N4O4S/c1-25-14-4-2-5-16-17(14)21-19(28-16)23(8-3-7-22-9-6-20-13-22)18(24)15-12-26-10-11-27-15/h2,4-6,9,12-13H,3,7-8,10-11H2,1H3. The molecule has 0 saturated heterocycles. The smallest absolute Gasteiger partial charge is 0.298 e. The van der Waals surface area contributed by atoms with Crippen LogP contribution in [0, 0.1) is 0 Å². The fraction of sp³-hybridized carbons (Fsp3) is 0.316. The van der Waals surface area contributed by atoms with Crippen molar-refractivity contribution < 1.29 is 19.0 Å².